The van der Waals surface area contributed by atoms with Crippen LogP contribution in [0.25, 0.3) is 0 Å². The molecule has 1 unspecified atom stereocenters. The molecule has 88 valence electrons. The van der Waals surface area contributed by atoms with Gasteiger partial charge in [0, 0.05) is 13.0 Å². The fraction of sp³-hybridized carbons (Fsp3) is 0.417. The van der Waals surface area contributed by atoms with Crippen molar-refractivity contribution in [2.24, 2.45) is 0 Å². The van der Waals surface area contributed by atoms with E-state index in [-0.39, 0.29) is 0 Å². The molecule has 1 atom stereocenters. The van der Waals surface area contributed by atoms with Crippen LogP contribution in [0.4, 0.5) is 0 Å². The minimum absolute atomic E-state index is 0.368. The highest BCUT2D eigenvalue weighted by molar-refractivity contribution is 5.72. The summed E-state index contributed by atoms with van der Waals surface area (Å²) >= 11 is 0. The van der Waals surface area contributed by atoms with Crippen LogP contribution in [-0.2, 0) is 16.0 Å². The first-order valence-electron chi connectivity index (χ1n) is 5.14. The number of carbonyl (C=O) groups is 1. The smallest absolute Gasteiger partial charge is 0.333 e. The van der Waals surface area contributed by atoms with Crippen LogP contribution in [0.1, 0.15) is 12.5 Å². The zero-order valence-electron chi connectivity index (χ0n) is 9.47. The summed E-state index contributed by atoms with van der Waals surface area (Å²) in [4.78, 5) is 10.9. The van der Waals surface area contributed by atoms with Gasteiger partial charge in [-0.05, 0) is 24.6 Å². The molecule has 1 aromatic rings. The first-order valence-corrected chi connectivity index (χ1v) is 5.14. The van der Waals surface area contributed by atoms with Gasteiger partial charge in [-0.2, -0.15) is 0 Å². The molecular weight excluding hydrogens is 208 g/mol. The van der Waals surface area contributed by atoms with Crippen LogP contribution >= 0.6 is 0 Å². The second-order valence-corrected chi connectivity index (χ2v) is 3.33. The maximum absolute atomic E-state index is 10.9. The van der Waals surface area contributed by atoms with E-state index in [1.165, 1.54) is 0 Å². The van der Waals surface area contributed by atoms with E-state index in [0.717, 1.165) is 11.3 Å². The van der Waals surface area contributed by atoms with E-state index in [9.17, 15) is 4.79 Å². The van der Waals surface area contributed by atoms with Gasteiger partial charge in [0.05, 0.1) is 7.11 Å². The van der Waals surface area contributed by atoms with Crippen LogP contribution in [-0.4, -0.2) is 30.9 Å². The molecule has 1 N–H and O–H groups in total. The Kier molecular flexibility index (Phi) is 4.79. The Morgan fingerprint density at radius 2 is 2.00 bits per heavy atom. The topological polar surface area (TPSA) is 55.8 Å². The molecule has 0 bridgehead atoms. The largest absolute Gasteiger partial charge is 0.497 e. The maximum atomic E-state index is 10.9. The Labute approximate surface area is 94.8 Å². The van der Waals surface area contributed by atoms with Gasteiger partial charge in [0.1, 0.15) is 5.75 Å². The average molecular weight is 224 g/mol. The molecule has 1 aromatic carbocycles. The number of hydrogen-bond acceptors (Lipinski definition) is 3. The third-order valence-electron chi connectivity index (χ3n) is 2.22. The van der Waals surface area contributed by atoms with Crippen LogP contribution in [0.3, 0.4) is 0 Å². The van der Waals surface area contributed by atoms with Crippen LogP contribution < -0.4 is 4.74 Å². The first kappa shape index (κ1) is 12.5. The second-order valence-electron chi connectivity index (χ2n) is 3.33. The molecule has 0 aliphatic carbocycles. The van der Waals surface area contributed by atoms with Gasteiger partial charge in [-0.1, -0.05) is 12.1 Å². The highest BCUT2D eigenvalue weighted by Gasteiger charge is 2.17. The predicted octanol–water partition coefficient (Wildman–Crippen LogP) is 1.73. The van der Waals surface area contributed by atoms with E-state index in [2.05, 4.69) is 0 Å². The number of rotatable bonds is 6. The molecule has 4 heteroatoms. The summed E-state index contributed by atoms with van der Waals surface area (Å²) in [5, 5.41) is 8.92. The van der Waals surface area contributed by atoms with Gasteiger partial charge in [0.2, 0.25) is 0 Å². The predicted molar refractivity (Wildman–Crippen MR) is 59.7 cm³/mol. The summed E-state index contributed by atoms with van der Waals surface area (Å²) in [6.07, 6.45) is -0.411. The molecular formula is C12H16O4. The van der Waals surface area contributed by atoms with Crippen LogP contribution in [0.15, 0.2) is 24.3 Å². The van der Waals surface area contributed by atoms with Crippen molar-refractivity contribution in [1.82, 2.24) is 0 Å². The Bertz CT molecular complexity index is 331. The lowest BCUT2D eigenvalue weighted by Gasteiger charge is -2.12. The lowest BCUT2D eigenvalue weighted by Crippen LogP contribution is -2.26. The van der Waals surface area contributed by atoms with Crippen molar-refractivity contribution < 1.29 is 19.4 Å². The highest BCUT2D eigenvalue weighted by atomic mass is 16.5. The minimum Gasteiger partial charge on any atom is -0.497 e. The van der Waals surface area contributed by atoms with E-state index in [1.54, 1.807) is 26.2 Å². The van der Waals surface area contributed by atoms with E-state index < -0.39 is 12.1 Å². The van der Waals surface area contributed by atoms with Crippen LogP contribution in [0.2, 0.25) is 0 Å². The summed E-state index contributed by atoms with van der Waals surface area (Å²) in [5.74, 6) is -0.176. The third-order valence-corrected chi connectivity index (χ3v) is 2.22. The Balaban J connectivity index is 2.65. The third kappa shape index (κ3) is 3.55. The van der Waals surface area contributed by atoms with Crippen molar-refractivity contribution in [3.63, 3.8) is 0 Å². The Morgan fingerprint density at radius 1 is 1.38 bits per heavy atom. The van der Waals surface area contributed by atoms with E-state index in [1.807, 2.05) is 12.1 Å². The molecule has 0 saturated carbocycles. The summed E-state index contributed by atoms with van der Waals surface area (Å²) in [5.41, 5.74) is 0.918. The zero-order valence-corrected chi connectivity index (χ0v) is 9.47. The second kappa shape index (κ2) is 6.12. The normalized spacial score (nSPS) is 12.1. The van der Waals surface area contributed by atoms with Crippen LogP contribution in [0.5, 0.6) is 5.75 Å². The molecule has 0 saturated heterocycles. The quantitative estimate of drug-likeness (QED) is 0.799. The standard InChI is InChI=1S/C12H16O4/c1-3-16-11(12(13)14)8-9-4-6-10(15-2)7-5-9/h4-7,11H,3,8H2,1-2H3,(H,13,14). The number of aliphatic carboxylic acids is 1. The molecule has 1 rings (SSSR count). The lowest BCUT2D eigenvalue weighted by atomic mass is 10.1. The van der Waals surface area contributed by atoms with E-state index in [4.69, 9.17) is 14.6 Å². The van der Waals surface area contributed by atoms with Crippen molar-refractivity contribution >= 4 is 5.97 Å². The van der Waals surface area contributed by atoms with Gasteiger partial charge in [-0.15, -0.1) is 0 Å². The SMILES string of the molecule is CCOC(Cc1ccc(OC)cc1)C(=O)O. The monoisotopic (exact) mass is 224 g/mol. The zero-order chi connectivity index (χ0) is 12.0. The Morgan fingerprint density at radius 3 is 2.44 bits per heavy atom. The van der Waals surface area contributed by atoms with E-state index >= 15 is 0 Å². The van der Waals surface area contributed by atoms with Gasteiger partial charge in [-0.3, -0.25) is 0 Å². The summed E-state index contributed by atoms with van der Waals surface area (Å²) in [6.45, 7) is 2.18. The van der Waals surface area contributed by atoms with Crippen molar-refractivity contribution in [2.75, 3.05) is 13.7 Å². The number of carboxylic acid groups (broad SMARTS) is 1. The molecule has 0 radical (unpaired) electrons. The number of ether oxygens (including phenoxy) is 2. The first-order chi connectivity index (χ1) is 7.67. The van der Waals surface area contributed by atoms with Crippen molar-refractivity contribution in [3.8, 4) is 5.75 Å². The van der Waals surface area contributed by atoms with Gasteiger partial charge < -0.3 is 14.6 Å². The maximum Gasteiger partial charge on any atom is 0.333 e. The van der Waals surface area contributed by atoms with Gasteiger partial charge >= 0.3 is 5.97 Å². The summed E-state index contributed by atoms with van der Waals surface area (Å²) < 4.78 is 10.2. The lowest BCUT2D eigenvalue weighted by molar-refractivity contribution is -0.149. The van der Waals surface area contributed by atoms with E-state index in [0.29, 0.717) is 13.0 Å². The summed E-state index contributed by atoms with van der Waals surface area (Å²) in [6, 6.07) is 7.29. The molecule has 0 fully saturated rings. The minimum atomic E-state index is -0.933. The van der Waals surface area contributed by atoms with Gasteiger partial charge in [0.25, 0.3) is 0 Å². The molecule has 0 aliphatic heterocycles. The number of hydrogen-bond donors (Lipinski definition) is 1. The molecule has 0 amide bonds. The highest BCUT2D eigenvalue weighted by Crippen LogP contribution is 2.13. The molecule has 16 heavy (non-hydrogen) atoms. The van der Waals surface area contributed by atoms with Crippen molar-refractivity contribution in [1.29, 1.82) is 0 Å². The van der Waals surface area contributed by atoms with Crippen molar-refractivity contribution in [3.05, 3.63) is 29.8 Å². The number of carboxylic acids is 1. The average Bonchev–Trinajstić information content (AvgIpc) is 2.29. The van der Waals surface area contributed by atoms with Gasteiger partial charge in [0.15, 0.2) is 6.10 Å². The van der Waals surface area contributed by atoms with Crippen LogP contribution in [0, 0.1) is 0 Å². The Hall–Kier alpha value is -1.55. The van der Waals surface area contributed by atoms with Gasteiger partial charge in [-0.25, -0.2) is 4.79 Å². The molecule has 0 aromatic heterocycles. The molecule has 4 nitrogen and oxygen atoms in total. The molecule has 0 heterocycles. The van der Waals surface area contributed by atoms with Crippen molar-refractivity contribution in [2.45, 2.75) is 19.4 Å². The summed E-state index contributed by atoms with van der Waals surface area (Å²) in [7, 11) is 1.59. The molecule has 0 aliphatic rings. The molecule has 0 spiro atoms. The number of methoxy groups -OCH3 is 1. The number of benzene rings is 1. The fourth-order valence-corrected chi connectivity index (χ4v) is 1.39. The fourth-order valence-electron chi connectivity index (χ4n) is 1.39.